The number of hydrogen-bond acceptors (Lipinski definition) is 5. The second kappa shape index (κ2) is 9.87. The van der Waals surface area contributed by atoms with Gasteiger partial charge in [-0.25, -0.2) is 14.3 Å². The fourth-order valence-corrected chi connectivity index (χ4v) is 3.60. The number of esters is 1. The fourth-order valence-electron chi connectivity index (χ4n) is 3.60. The molecule has 2 aromatic heterocycles. The molecule has 0 aliphatic rings. The Morgan fingerprint density at radius 1 is 1.03 bits per heavy atom. The van der Waals surface area contributed by atoms with Gasteiger partial charge in [0.2, 0.25) is 0 Å². The van der Waals surface area contributed by atoms with Crippen LogP contribution in [0.4, 0.5) is 0 Å². The summed E-state index contributed by atoms with van der Waals surface area (Å²) in [5.74, 6) is -0.991. The number of nitrogens with zero attached hydrogens (tertiary/aromatic N) is 3. The van der Waals surface area contributed by atoms with E-state index < -0.39 is 5.97 Å². The zero-order valence-corrected chi connectivity index (χ0v) is 17.8. The van der Waals surface area contributed by atoms with Crippen LogP contribution in [0.15, 0.2) is 79.1 Å². The lowest BCUT2D eigenvalue weighted by atomic mass is 10.0. The van der Waals surface area contributed by atoms with Crippen LogP contribution in [0.25, 0.3) is 16.9 Å². The topological polar surface area (TPSA) is 85.6 Å². The van der Waals surface area contributed by atoms with Crippen molar-refractivity contribution in [3.63, 3.8) is 0 Å². The summed E-state index contributed by atoms with van der Waals surface area (Å²) in [6.45, 7) is 1.69. The molecule has 0 aliphatic heterocycles. The number of carbonyl (C=O) groups is 2. The van der Waals surface area contributed by atoms with Gasteiger partial charge in [0.05, 0.1) is 17.9 Å². The molecule has 7 nitrogen and oxygen atoms in total. The average Bonchev–Trinajstić information content (AvgIpc) is 3.28. The molecular weight excluding hydrogens is 404 g/mol. The quantitative estimate of drug-likeness (QED) is 0.425. The number of aromatic nitrogens is 3. The van der Waals surface area contributed by atoms with Crippen molar-refractivity contribution in [1.82, 2.24) is 19.9 Å². The van der Waals surface area contributed by atoms with Crippen LogP contribution in [-0.2, 0) is 9.53 Å². The van der Waals surface area contributed by atoms with Crippen LogP contribution in [0.3, 0.4) is 0 Å². The van der Waals surface area contributed by atoms with Crippen molar-refractivity contribution in [3.8, 4) is 11.3 Å². The molecule has 0 aliphatic carbocycles. The molecule has 0 saturated carbocycles. The summed E-state index contributed by atoms with van der Waals surface area (Å²) in [7, 11) is 0. The number of benzene rings is 2. The molecule has 162 valence electrons. The van der Waals surface area contributed by atoms with Crippen molar-refractivity contribution in [2.45, 2.75) is 25.8 Å². The van der Waals surface area contributed by atoms with Gasteiger partial charge in [-0.3, -0.25) is 4.79 Å². The van der Waals surface area contributed by atoms with Gasteiger partial charge in [-0.15, -0.1) is 0 Å². The Hall–Kier alpha value is -4.00. The van der Waals surface area contributed by atoms with Gasteiger partial charge in [-0.05, 0) is 18.1 Å². The van der Waals surface area contributed by atoms with E-state index in [2.05, 4.69) is 22.3 Å². The molecule has 1 atom stereocenters. The molecule has 32 heavy (non-hydrogen) atoms. The Kier molecular flexibility index (Phi) is 6.55. The maximum absolute atomic E-state index is 12.7. The first-order valence-corrected chi connectivity index (χ1v) is 10.6. The highest BCUT2D eigenvalue weighted by atomic mass is 16.5. The van der Waals surface area contributed by atoms with Crippen molar-refractivity contribution < 1.29 is 14.3 Å². The number of hydrogen-bond donors (Lipinski definition) is 1. The molecular formula is C25H24N4O3. The number of ether oxygens (including phenoxy) is 1. The first-order valence-electron chi connectivity index (χ1n) is 10.6. The molecule has 1 unspecified atom stereocenters. The maximum atomic E-state index is 12.7. The van der Waals surface area contributed by atoms with E-state index in [0.29, 0.717) is 5.65 Å². The van der Waals surface area contributed by atoms with Crippen molar-refractivity contribution in [3.05, 3.63) is 90.3 Å². The van der Waals surface area contributed by atoms with Gasteiger partial charge in [-0.2, -0.15) is 5.10 Å². The van der Waals surface area contributed by atoms with Crippen LogP contribution in [0.2, 0.25) is 0 Å². The van der Waals surface area contributed by atoms with E-state index in [9.17, 15) is 9.59 Å². The van der Waals surface area contributed by atoms with E-state index in [0.717, 1.165) is 29.7 Å². The van der Waals surface area contributed by atoms with Gasteiger partial charge in [0, 0.05) is 11.8 Å². The summed E-state index contributed by atoms with van der Waals surface area (Å²) in [6.07, 6.45) is 4.75. The van der Waals surface area contributed by atoms with Gasteiger partial charge >= 0.3 is 5.97 Å². The molecule has 0 spiro atoms. The third-order valence-electron chi connectivity index (χ3n) is 5.14. The second-order valence-corrected chi connectivity index (χ2v) is 7.39. The van der Waals surface area contributed by atoms with Crippen LogP contribution < -0.4 is 5.32 Å². The molecule has 2 aromatic carbocycles. The van der Waals surface area contributed by atoms with Crippen LogP contribution in [0.1, 0.15) is 41.7 Å². The molecule has 4 rings (SSSR count). The first kappa shape index (κ1) is 21.2. The van der Waals surface area contributed by atoms with Gasteiger partial charge in [0.1, 0.15) is 5.56 Å². The van der Waals surface area contributed by atoms with Gasteiger partial charge in [-0.1, -0.05) is 74.0 Å². The summed E-state index contributed by atoms with van der Waals surface area (Å²) in [4.78, 5) is 29.4. The Morgan fingerprint density at radius 2 is 1.75 bits per heavy atom. The predicted molar refractivity (Wildman–Crippen MR) is 121 cm³/mol. The highest BCUT2D eigenvalue weighted by molar-refractivity contribution is 5.97. The van der Waals surface area contributed by atoms with Gasteiger partial charge in [0.25, 0.3) is 5.91 Å². The highest BCUT2D eigenvalue weighted by Gasteiger charge is 2.20. The summed E-state index contributed by atoms with van der Waals surface area (Å²) >= 11 is 0. The Balaban J connectivity index is 1.45. The SMILES string of the molecule is CCCC(NC(=O)COC(=O)c1cnn2c(-c3ccccc3)ccnc12)c1ccccc1. The molecule has 0 radical (unpaired) electrons. The number of amides is 1. The molecule has 0 saturated heterocycles. The molecule has 0 fully saturated rings. The van der Waals surface area contributed by atoms with Crippen LogP contribution >= 0.6 is 0 Å². The standard InChI is InChI=1S/C25H24N4O3/c1-2-9-21(18-10-5-3-6-11-18)28-23(30)17-32-25(31)20-16-27-29-22(14-15-26-24(20)29)19-12-7-4-8-13-19/h3-8,10-16,21H,2,9,17H2,1H3,(H,28,30). The van der Waals surface area contributed by atoms with E-state index in [1.807, 2.05) is 66.7 Å². The lowest BCUT2D eigenvalue weighted by Crippen LogP contribution is -2.32. The molecule has 1 N–H and O–H groups in total. The number of fused-ring (bicyclic) bond motifs is 1. The Bertz CT molecular complexity index is 1210. The van der Waals surface area contributed by atoms with Crippen LogP contribution in [0.5, 0.6) is 0 Å². The number of nitrogens with one attached hydrogen (secondary N) is 1. The molecule has 2 heterocycles. The van der Waals surface area contributed by atoms with Crippen molar-refractivity contribution in [1.29, 1.82) is 0 Å². The minimum atomic E-state index is -0.639. The minimum absolute atomic E-state index is 0.125. The van der Waals surface area contributed by atoms with E-state index in [4.69, 9.17) is 4.74 Å². The Morgan fingerprint density at radius 3 is 2.47 bits per heavy atom. The minimum Gasteiger partial charge on any atom is -0.452 e. The van der Waals surface area contributed by atoms with Gasteiger partial charge < -0.3 is 10.1 Å². The summed E-state index contributed by atoms with van der Waals surface area (Å²) in [5, 5.41) is 7.26. The Labute approximate surface area is 186 Å². The van der Waals surface area contributed by atoms with E-state index in [-0.39, 0.29) is 24.1 Å². The third-order valence-corrected chi connectivity index (χ3v) is 5.14. The van der Waals surface area contributed by atoms with E-state index in [1.54, 1.807) is 10.7 Å². The van der Waals surface area contributed by atoms with Gasteiger partial charge in [0.15, 0.2) is 12.3 Å². The fraction of sp³-hybridized carbons (Fsp3) is 0.200. The van der Waals surface area contributed by atoms with Crippen LogP contribution in [-0.4, -0.2) is 33.1 Å². The molecule has 4 aromatic rings. The van der Waals surface area contributed by atoms with E-state index in [1.165, 1.54) is 6.20 Å². The molecule has 0 bridgehead atoms. The largest absolute Gasteiger partial charge is 0.452 e. The second-order valence-electron chi connectivity index (χ2n) is 7.39. The van der Waals surface area contributed by atoms with Crippen molar-refractivity contribution >= 4 is 17.5 Å². The monoisotopic (exact) mass is 428 g/mol. The lowest BCUT2D eigenvalue weighted by Gasteiger charge is -2.18. The third kappa shape index (κ3) is 4.67. The summed E-state index contributed by atoms with van der Waals surface area (Å²) in [6, 6.07) is 21.2. The lowest BCUT2D eigenvalue weighted by molar-refractivity contribution is -0.125. The molecule has 7 heteroatoms. The summed E-state index contributed by atoms with van der Waals surface area (Å²) in [5.41, 5.74) is 3.37. The average molecular weight is 428 g/mol. The number of carbonyl (C=O) groups excluding carboxylic acids is 2. The smallest absolute Gasteiger partial charge is 0.344 e. The van der Waals surface area contributed by atoms with Crippen LogP contribution in [0, 0.1) is 0 Å². The van der Waals surface area contributed by atoms with Crippen molar-refractivity contribution in [2.24, 2.45) is 0 Å². The zero-order valence-electron chi connectivity index (χ0n) is 17.8. The molecule has 1 amide bonds. The van der Waals surface area contributed by atoms with Crippen molar-refractivity contribution in [2.75, 3.05) is 6.61 Å². The van der Waals surface area contributed by atoms with E-state index >= 15 is 0 Å². The normalized spacial score (nSPS) is 11.8. The predicted octanol–water partition coefficient (Wildman–Crippen LogP) is 4.21. The summed E-state index contributed by atoms with van der Waals surface area (Å²) < 4.78 is 6.87. The maximum Gasteiger partial charge on any atom is 0.344 e. The first-order chi connectivity index (χ1) is 15.7. The zero-order chi connectivity index (χ0) is 22.3. The number of rotatable bonds is 8. The highest BCUT2D eigenvalue weighted by Crippen LogP contribution is 2.21.